The van der Waals surface area contributed by atoms with Crippen LogP contribution < -0.4 is 0 Å². The van der Waals surface area contributed by atoms with Gasteiger partial charge in [0.15, 0.2) is 0 Å². The highest BCUT2D eigenvalue weighted by Crippen LogP contribution is 2.61. The predicted octanol–water partition coefficient (Wildman–Crippen LogP) is 3.78. The standard InChI is InChI=1S/C17H26O3/c1-5-19-15-14-11(2)10-20-13(14)9-17(18)8-6-7-12(3)16(15,17)4/h10,12,15,18H,5-9H2,1-4H3/t12-,15+,16-,17-/m0/s1. The SMILES string of the molecule is CCO[C@@H]1c2c(C)coc2C[C@@]2(O)CCC[C@H](C)[C@@]12C. The number of ether oxygens (including phenoxy) is 1. The summed E-state index contributed by atoms with van der Waals surface area (Å²) in [6.45, 7) is 9.24. The number of rotatable bonds is 2. The van der Waals surface area contributed by atoms with Gasteiger partial charge in [0, 0.05) is 24.0 Å². The van der Waals surface area contributed by atoms with E-state index in [1.807, 2.05) is 13.2 Å². The maximum atomic E-state index is 11.3. The van der Waals surface area contributed by atoms with Crippen molar-refractivity contribution < 1.29 is 14.3 Å². The van der Waals surface area contributed by atoms with E-state index in [0.29, 0.717) is 18.9 Å². The number of aliphatic hydroxyl groups is 1. The van der Waals surface area contributed by atoms with Crippen LogP contribution in [0.5, 0.6) is 0 Å². The molecule has 3 nitrogen and oxygen atoms in total. The second-order valence-electron chi connectivity index (χ2n) is 6.88. The first-order valence-electron chi connectivity index (χ1n) is 7.85. The maximum absolute atomic E-state index is 11.3. The molecule has 20 heavy (non-hydrogen) atoms. The van der Waals surface area contributed by atoms with Gasteiger partial charge in [-0.05, 0) is 38.2 Å². The summed E-state index contributed by atoms with van der Waals surface area (Å²) in [7, 11) is 0. The van der Waals surface area contributed by atoms with Gasteiger partial charge < -0.3 is 14.3 Å². The van der Waals surface area contributed by atoms with Gasteiger partial charge in [0.05, 0.1) is 18.0 Å². The summed E-state index contributed by atoms with van der Waals surface area (Å²) in [6, 6.07) is 0. The lowest BCUT2D eigenvalue weighted by atomic mass is 9.51. The van der Waals surface area contributed by atoms with E-state index < -0.39 is 5.60 Å². The van der Waals surface area contributed by atoms with Crippen molar-refractivity contribution in [1.29, 1.82) is 0 Å². The summed E-state index contributed by atoms with van der Waals surface area (Å²) >= 11 is 0. The van der Waals surface area contributed by atoms with Crippen molar-refractivity contribution in [2.45, 2.75) is 65.1 Å². The highest BCUT2D eigenvalue weighted by Gasteiger charge is 2.61. The monoisotopic (exact) mass is 278 g/mol. The van der Waals surface area contributed by atoms with Crippen LogP contribution in [0.2, 0.25) is 0 Å². The second-order valence-corrected chi connectivity index (χ2v) is 6.88. The van der Waals surface area contributed by atoms with E-state index in [4.69, 9.17) is 9.15 Å². The van der Waals surface area contributed by atoms with E-state index in [0.717, 1.165) is 30.6 Å². The molecule has 3 rings (SSSR count). The molecule has 0 bridgehead atoms. The number of hydrogen-bond donors (Lipinski definition) is 1. The van der Waals surface area contributed by atoms with Crippen molar-refractivity contribution in [2.75, 3.05) is 6.61 Å². The third-order valence-corrected chi connectivity index (χ3v) is 5.95. The number of hydrogen-bond acceptors (Lipinski definition) is 3. The molecule has 1 aromatic heterocycles. The molecule has 0 unspecified atom stereocenters. The van der Waals surface area contributed by atoms with E-state index in [1.54, 1.807) is 0 Å². The van der Waals surface area contributed by atoms with Gasteiger partial charge in [-0.25, -0.2) is 0 Å². The van der Waals surface area contributed by atoms with Crippen molar-refractivity contribution in [1.82, 2.24) is 0 Å². The van der Waals surface area contributed by atoms with Crippen molar-refractivity contribution >= 4 is 0 Å². The third-order valence-electron chi connectivity index (χ3n) is 5.95. The van der Waals surface area contributed by atoms with Crippen LogP contribution in [-0.2, 0) is 11.2 Å². The lowest BCUT2D eigenvalue weighted by Gasteiger charge is -2.58. The van der Waals surface area contributed by atoms with Crippen LogP contribution in [-0.4, -0.2) is 17.3 Å². The minimum absolute atomic E-state index is 0.0599. The Morgan fingerprint density at radius 3 is 2.95 bits per heavy atom. The molecule has 4 atom stereocenters. The molecule has 1 heterocycles. The van der Waals surface area contributed by atoms with Gasteiger partial charge in [-0.2, -0.15) is 0 Å². The van der Waals surface area contributed by atoms with Crippen LogP contribution in [0.15, 0.2) is 10.7 Å². The molecular weight excluding hydrogens is 252 g/mol. The Hall–Kier alpha value is -0.800. The second kappa shape index (κ2) is 4.60. The average Bonchev–Trinajstić information content (AvgIpc) is 2.74. The summed E-state index contributed by atoms with van der Waals surface area (Å²) in [5.74, 6) is 1.37. The summed E-state index contributed by atoms with van der Waals surface area (Å²) < 4.78 is 11.9. The van der Waals surface area contributed by atoms with Crippen LogP contribution >= 0.6 is 0 Å². The molecule has 1 N–H and O–H groups in total. The zero-order valence-corrected chi connectivity index (χ0v) is 13.0. The smallest absolute Gasteiger partial charge is 0.112 e. The molecule has 0 amide bonds. The Bertz CT molecular complexity index is 506. The summed E-state index contributed by atoms with van der Waals surface area (Å²) in [4.78, 5) is 0. The van der Waals surface area contributed by atoms with Gasteiger partial charge >= 0.3 is 0 Å². The zero-order valence-electron chi connectivity index (χ0n) is 13.0. The summed E-state index contributed by atoms with van der Waals surface area (Å²) in [5.41, 5.74) is 1.40. The molecular formula is C17H26O3. The van der Waals surface area contributed by atoms with Crippen molar-refractivity contribution in [3.8, 4) is 0 Å². The molecule has 1 fully saturated rings. The fraction of sp³-hybridized carbons (Fsp3) is 0.765. The lowest BCUT2D eigenvalue weighted by Crippen LogP contribution is -2.60. The first kappa shape index (κ1) is 14.2. The van der Waals surface area contributed by atoms with E-state index in [2.05, 4.69) is 20.8 Å². The highest BCUT2D eigenvalue weighted by molar-refractivity contribution is 5.37. The molecule has 0 aliphatic heterocycles. The van der Waals surface area contributed by atoms with Crippen LogP contribution in [0.3, 0.4) is 0 Å². The van der Waals surface area contributed by atoms with Gasteiger partial charge in [0.1, 0.15) is 5.76 Å². The number of furan rings is 1. The molecule has 1 aromatic rings. The summed E-state index contributed by atoms with van der Waals surface area (Å²) in [6.07, 6.45) is 5.47. The van der Waals surface area contributed by atoms with Gasteiger partial charge in [-0.15, -0.1) is 0 Å². The first-order chi connectivity index (χ1) is 9.44. The van der Waals surface area contributed by atoms with Gasteiger partial charge in [0.25, 0.3) is 0 Å². The van der Waals surface area contributed by atoms with Gasteiger partial charge in [-0.3, -0.25) is 0 Å². The number of fused-ring (bicyclic) bond motifs is 2. The topological polar surface area (TPSA) is 42.6 Å². The Balaban J connectivity index is 2.17. The molecule has 2 aliphatic carbocycles. The highest BCUT2D eigenvalue weighted by atomic mass is 16.5. The van der Waals surface area contributed by atoms with E-state index >= 15 is 0 Å². The van der Waals surface area contributed by atoms with Crippen LogP contribution in [0, 0.1) is 18.3 Å². The third kappa shape index (κ3) is 1.66. The van der Waals surface area contributed by atoms with Gasteiger partial charge in [-0.1, -0.05) is 20.3 Å². The average molecular weight is 278 g/mol. The van der Waals surface area contributed by atoms with E-state index in [9.17, 15) is 5.11 Å². The van der Waals surface area contributed by atoms with Crippen molar-refractivity contribution in [3.63, 3.8) is 0 Å². The fourth-order valence-corrected chi connectivity index (χ4v) is 4.49. The van der Waals surface area contributed by atoms with Crippen LogP contribution in [0.25, 0.3) is 0 Å². The largest absolute Gasteiger partial charge is 0.469 e. The minimum Gasteiger partial charge on any atom is -0.469 e. The Kier molecular flexibility index (Phi) is 3.26. The van der Waals surface area contributed by atoms with Crippen molar-refractivity contribution in [3.05, 3.63) is 23.2 Å². The predicted molar refractivity (Wildman–Crippen MR) is 77.6 cm³/mol. The Morgan fingerprint density at radius 1 is 1.50 bits per heavy atom. The van der Waals surface area contributed by atoms with Gasteiger partial charge in [0.2, 0.25) is 0 Å². The zero-order chi connectivity index (χ0) is 14.5. The molecule has 112 valence electrons. The summed E-state index contributed by atoms with van der Waals surface area (Å²) in [5, 5.41) is 11.3. The Morgan fingerprint density at radius 2 is 2.25 bits per heavy atom. The van der Waals surface area contributed by atoms with Crippen LogP contribution in [0.1, 0.15) is 63.0 Å². The Labute approximate surface area is 121 Å². The lowest BCUT2D eigenvalue weighted by molar-refractivity contribution is -0.209. The minimum atomic E-state index is -0.707. The molecule has 0 saturated heterocycles. The first-order valence-corrected chi connectivity index (χ1v) is 7.85. The quantitative estimate of drug-likeness (QED) is 0.895. The van der Waals surface area contributed by atoms with E-state index in [-0.39, 0.29) is 11.5 Å². The van der Waals surface area contributed by atoms with Crippen LogP contribution in [0.4, 0.5) is 0 Å². The van der Waals surface area contributed by atoms with Crippen molar-refractivity contribution in [2.24, 2.45) is 11.3 Å². The van der Waals surface area contributed by atoms with E-state index in [1.165, 1.54) is 5.56 Å². The normalized spacial score (nSPS) is 40.2. The molecule has 1 saturated carbocycles. The fourth-order valence-electron chi connectivity index (χ4n) is 4.49. The maximum Gasteiger partial charge on any atom is 0.112 e. The molecule has 0 aromatic carbocycles. The molecule has 0 spiro atoms. The molecule has 0 radical (unpaired) electrons. The molecule has 2 aliphatic rings. The molecule has 3 heteroatoms. The number of aryl methyl sites for hydroxylation is 1.